The summed E-state index contributed by atoms with van der Waals surface area (Å²) in [6, 6.07) is 4.92. The van der Waals surface area contributed by atoms with Gasteiger partial charge in [-0.3, -0.25) is 9.59 Å². The van der Waals surface area contributed by atoms with E-state index >= 15 is 0 Å². The smallest absolute Gasteiger partial charge is 0.475 e. The molecule has 160 valence electrons. The van der Waals surface area contributed by atoms with Crippen molar-refractivity contribution in [3.8, 4) is 0 Å². The molecule has 0 radical (unpaired) electrons. The number of hydrogen-bond donors (Lipinski definition) is 4. The lowest BCUT2D eigenvalue weighted by Gasteiger charge is -2.26. The molecular weight excluding hydrogens is 407 g/mol. The molecule has 0 saturated heterocycles. The van der Waals surface area contributed by atoms with Crippen molar-refractivity contribution in [1.29, 1.82) is 0 Å². The summed E-state index contributed by atoms with van der Waals surface area (Å²) < 4.78 is 31.7. The summed E-state index contributed by atoms with van der Waals surface area (Å²) >= 11 is 0. The van der Waals surface area contributed by atoms with Gasteiger partial charge in [0.15, 0.2) is 0 Å². The number of carboxylic acids is 1. The number of H-pyrrole nitrogens is 1. The van der Waals surface area contributed by atoms with Crippen LogP contribution in [0.3, 0.4) is 0 Å². The van der Waals surface area contributed by atoms with Gasteiger partial charge in [-0.15, -0.1) is 0 Å². The van der Waals surface area contributed by atoms with Gasteiger partial charge in [-0.1, -0.05) is 6.07 Å². The van der Waals surface area contributed by atoms with Crippen LogP contribution in [0.15, 0.2) is 29.2 Å². The van der Waals surface area contributed by atoms with E-state index in [-0.39, 0.29) is 23.2 Å². The molecule has 12 heteroatoms. The molecule has 1 saturated carbocycles. The van der Waals surface area contributed by atoms with Gasteiger partial charge >= 0.3 is 12.1 Å². The summed E-state index contributed by atoms with van der Waals surface area (Å²) in [6.07, 6.45) is -0.567. The summed E-state index contributed by atoms with van der Waals surface area (Å²) in [5.74, 6) is -1.37. The van der Waals surface area contributed by atoms with Gasteiger partial charge in [-0.05, 0) is 25.3 Å². The van der Waals surface area contributed by atoms with Crippen LogP contribution in [0, 0.1) is 0 Å². The number of carboxylic acid groups (broad SMARTS) is 1. The Morgan fingerprint density at radius 2 is 1.93 bits per heavy atom. The highest BCUT2D eigenvalue weighted by Gasteiger charge is 2.38. The summed E-state index contributed by atoms with van der Waals surface area (Å²) in [6.45, 7) is 0.741. The highest BCUT2D eigenvalue weighted by Crippen LogP contribution is 2.37. The zero-order valence-corrected chi connectivity index (χ0v) is 15.5. The fourth-order valence-electron chi connectivity index (χ4n) is 2.86. The molecule has 0 spiro atoms. The fourth-order valence-corrected chi connectivity index (χ4v) is 2.86. The number of carbonyl (C=O) groups excluding carboxylic acids is 1. The number of rotatable bonds is 3. The van der Waals surface area contributed by atoms with Gasteiger partial charge in [0.1, 0.15) is 17.3 Å². The molecule has 3 heterocycles. The van der Waals surface area contributed by atoms with Gasteiger partial charge in [0.2, 0.25) is 0 Å². The Balaban J connectivity index is 0.000000318. The Kier molecular flexibility index (Phi) is 6.04. The van der Waals surface area contributed by atoms with Crippen LogP contribution in [0.2, 0.25) is 0 Å². The van der Waals surface area contributed by atoms with Crippen molar-refractivity contribution < 1.29 is 27.9 Å². The monoisotopic (exact) mass is 425 g/mol. The quantitative estimate of drug-likeness (QED) is 0.590. The Bertz CT molecular complexity index is 1000. The van der Waals surface area contributed by atoms with E-state index in [2.05, 4.69) is 25.6 Å². The fraction of sp³-hybridized carbons (Fsp3) is 0.389. The molecule has 1 unspecified atom stereocenters. The van der Waals surface area contributed by atoms with E-state index in [1.807, 2.05) is 12.1 Å². The summed E-state index contributed by atoms with van der Waals surface area (Å²) in [5, 5.41) is 13.3. The summed E-state index contributed by atoms with van der Waals surface area (Å²) in [7, 11) is 0. The number of hydrogen-bond acceptors (Lipinski definition) is 6. The summed E-state index contributed by atoms with van der Waals surface area (Å²) in [4.78, 5) is 44.5. The molecule has 2 aromatic rings. The second kappa shape index (κ2) is 8.51. The van der Waals surface area contributed by atoms with Crippen molar-refractivity contribution in [2.75, 3.05) is 11.9 Å². The first-order chi connectivity index (χ1) is 14.1. The van der Waals surface area contributed by atoms with Crippen molar-refractivity contribution in [3.05, 3.63) is 51.8 Å². The molecule has 9 nitrogen and oxygen atoms in total. The Morgan fingerprint density at radius 1 is 1.23 bits per heavy atom. The molecular formula is C18H18F3N5O4. The highest BCUT2D eigenvalue weighted by molar-refractivity contribution is 5.92. The molecule has 0 bridgehead atoms. The van der Waals surface area contributed by atoms with E-state index in [1.165, 1.54) is 6.07 Å². The molecule has 1 fully saturated rings. The largest absolute Gasteiger partial charge is 0.490 e. The van der Waals surface area contributed by atoms with E-state index in [4.69, 9.17) is 9.90 Å². The number of fused-ring (bicyclic) bond motifs is 1. The Hall–Kier alpha value is -3.44. The first kappa shape index (κ1) is 21.3. The second-order valence-electron chi connectivity index (χ2n) is 6.78. The molecule has 1 aliphatic carbocycles. The zero-order chi connectivity index (χ0) is 21.9. The van der Waals surface area contributed by atoms with Crippen LogP contribution in [-0.4, -0.2) is 44.7 Å². The van der Waals surface area contributed by atoms with Crippen LogP contribution in [-0.2, 0) is 4.79 Å². The number of pyridine rings is 1. The molecule has 30 heavy (non-hydrogen) atoms. The molecule has 1 aliphatic heterocycles. The minimum absolute atomic E-state index is 0.127. The van der Waals surface area contributed by atoms with Gasteiger partial charge in [0, 0.05) is 30.3 Å². The number of nitrogens with zero attached hydrogens (tertiary/aromatic N) is 2. The normalized spacial score (nSPS) is 17.6. The number of carbonyl (C=O) groups is 2. The number of alkyl halides is 3. The standard InChI is InChI=1S/C16H17N5O2.C2HF3O2/c22-13-8-12(19-14(21-13)9-3-4-9)16(23)20-11-5-7-18-15-10(11)2-1-6-17-15;3-2(4,5)1(6)7/h1-2,6,8-9,11H,3-5,7H2,(H,17,18)(H,20,23)(H,19,21,22);(H,6,7). The van der Waals surface area contributed by atoms with Gasteiger partial charge in [0.05, 0.1) is 6.04 Å². The van der Waals surface area contributed by atoms with Crippen molar-refractivity contribution >= 4 is 17.7 Å². The van der Waals surface area contributed by atoms with Crippen molar-refractivity contribution in [2.24, 2.45) is 0 Å². The lowest BCUT2D eigenvalue weighted by molar-refractivity contribution is -0.192. The van der Waals surface area contributed by atoms with E-state index in [9.17, 15) is 22.8 Å². The predicted molar refractivity (Wildman–Crippen MR) is 98.1 cm³/mol. The van der Waals surface area contributed by atoms with Crippen LogP contribution in [0.25, 0.3) is 0 Å². The van der Waals surface area contributed by atoms with E-state index in [0.717, 1.165) is 37.2 Å². The van der Waals surface area contributed by atoms with Crippen molar-refractivity contribution in [3.63, 3.8) is 0 Å². The van der Waals surface area contributed by atoms with Crippen LogP contribution >= 0.6 is 0 Å². The molecule has 4 N–H and O–H groups in total. The highest BCUT2D eigenvalue weighted by atomic mass is 19.4. The lowest BCUT2D eigenvalue weighted by atomic mass is 10.0. The number of aliphatic carboxylic acids is 1. The number of nitrogens with one attached hydrogen (secondary N) is 3. The number of amides is 1. The summed E-state index contributed by atoms with van der Waals surface area (Å²) in [5.41, 5.74) is 0.860. The lowest BCUT2D eigenvalue weighted by Crippen LogP contribution is -2.34. The van der Waals surface area contributed by atoms with Gasteiger partial charge < -0.3 is 20.7 Å². The minimum atomic E-state index is -5.08. The minimum Gasteiger partial charge on any atom is -0.475 e. The molecule has 2 aliphatic rings. The van der Waals surface area contributed by atoms with Gasteiger partial charge in [0.25, 0.3) is 11.5 Å². The van der Waals surface area contributed by atoms with Gasteiger partial charge in [-0.2, -0.15) is 13.2 Å². The van der Waals surface area contributed by atoms with Crippen LogP contribution < -0.4 is 16.2 Å². The Labute approximate surface area is 167 Å². The SMILES string of the molecule is O=C(NC1CCNc2ncccc21)c1cc(=O)[nH]c(C2CC2)n1.O=C(O)C(F)(F)F. The second-order valence-corrected chi connectivity index (χ2v) is 6.78. The zero-order valence-electron chi connectivity index (χ0n) is 15.5. The third kappa shape index (κ3) is 5.33. The van der Waals surface area contributed by atoms with Crippen LogP contribution in [0.4, 0.5) is 19.0 Å². The topological polar surface area (TPSA) is 137 Å². The third-order valence-electron chi connectivity index (χ3n) is 4.44. The molecule has 1 amide bonds. The van der Waals surface area contributed by atoms with E-state index in [1.54, 1.807) is 6.20 Å². The first-order valence-corrected chi connectivity index (χ1v) is 9.06. The van der Waals surface area contributed by atoms with Crippen LogP contribution in [0.1, 0.15) is 53.1 Å². The molecule has 4 rings (SSSR count). The van der Waals surface area contributed by atoms with Gasteiger partial charge in [-0.25, -0.2) is 14.8 Å². The average Bonchev–Trinajstić information content (AvgIpc) is 3.53. The maximum absolute atomic E-state index is 12.5. The number of aromatic nitrogens is 3. The molecule has 2 aromatic heterocycles. The Morgan fingerprint density at radius 3 is 2.57 bits per heavy atom. The average molecular weight is 425 g/mol. The van der Waals surface area contributed by atoms with E-state index in [0.29, 0.717) is 11.7 Å². The first-order valence-electron chi connectivity index (χ1n) is 9.06. The maximum atomic E-state index is 12.5. The predicted octanol–water partition coefficient (Wildman–Crippen LogP) is 1.96. The molecule has 1 atom stereocenters. The number of halogens is 3. The van der Waals surface area contributed by atoms with E-state index < -0.39 is 12.1 Å². The third-order valence-corrected chi connectivity index (χ3v) is 4.44. The molecule has 0 aromatic carbocycles. The maximum Gasteiger partial charge on any atom is 0.490 e. The van der Waals surface area contributed by atoms with Crippen molar-refractivity contribution in [2.45, 2.75) is 37.4 Å². The number of anilines is 1. The number of aromatic amines is 1. The van der Waals surface area contributed by atoms with Crippen molar-refractivity contribution in [1.82, 2.24) is 20.3 Å². The van der Waals surface area contributed by atoms with Crippen LogP contribution in [0.5, 0.6) is 0 Å².